The van der Waals surface area contributed by atoms with Gasteiger partial charge >= 0.3 is 0 Å². The smallest absolute Gasteiger partial charge is 0.0739 e. The zero-order valence-electron chi connectivity index (χ0n) is 9.97. The van der Waals surface area contributed by atoms with Crippen molar-refractivity contribution in [2.24, 2.45) is 5.73 Å². The third-order valence-electron chi connectivity index (χ3n) is 2.65. The first-order chi connectivity index (χ1) is 8.81. The molecule has 0 fully saturated rings. The molecule has 0 saturated carbocycles. The average Bonchev–Trinajstić information content (AvgIpc) is 2.41. The SMILES string of the molecule is NCc1ncccc1COCc1ccccc1Br. The largest absolute Gasteiger partial charge is 0.372 e. The summed E-state index contributed by atoms with van der Waals surface area (Å²) in [6.07, 6.45) is 1.75. The van der Waals surface area contributed by atoms with Crippen LogP contribution in [-0.2, 0) is 24.5 Å². The molecule has 0 aliphatic heterocycles. The topological polar surface area (TPSA) is 48.1 Å². The van der Waals surface area contributed by atoms with Crippen LogP contribution in [0.15, 0.2) is 47.1 Å². The van der Waals surface area contributed by atoms with E-state index >= 15 is 0 Å². The lowest BCUT2D eigenvalue weighted by atomic mass is 10.2. The second kappa shape index (κ2) is 6.64. The fraction of sp³-hybridized carbons (Fsp3) is 0.214. The van der Waals surface area contributed by atoms with Crippen molar-refractivity contribution in [2.45, 2.75) is 19.8 Å². The summed E-state index contributed by atoms with van der Waals surface area (Å²) in [5.74, 6) is 0. The zero-order chi connectivity index (χ0) is 12.8. The number of aromatic nitrogens is 1. The van der Waals surface area contributed by atoms with E-state index in [4.69, 9.17) is 10.5 Å². The third-order valence-corrected chi connectivity index (χ3v) is 3.42. The fourth-order valence-corrected chi connectivity index (χ4v) is 2.07. The molecule has 2 aromatic rings. The minimum Gasteiger partial charge on any atom is -0.372 e. The molecule has 0 aliphatic carbocycles. The molecule has 4 heteroatoms. The molecule has 0 saturated heterocycles. The van der Waals surface area contributed by atoms with Gasteiger partial charge in [0.25, 0.3) is 0 Å². The van der Waals surface area contributed by atoms with Gasteiger partial charge in [-0.25, -0.2) is 0 Å². The van der Waals surface area contributed by atoms with E-state index < -0.39 is 0 Å². The van der Waals surface area contributed by atoms with Crippen molar-refractivity contribution in [3.63, 3.8) is 0 Å². The number of nitrogens with zero attached hydrogens (tertiary/aromatic N) is 1. The first kappa shape index (κ1) is 13.2. The zero-order valence-corrected chi connectivity index (χ0v) is 11.6. The quantitative estimate of drug-likeness (QED) is 0.923. The van der Waals surface area contributed by atoms with Crippen LogP contribution in [0.3, 0.4) is 0 Å². The van der Waals surface area contributed by atoms with Crippen LogP contribution in [0.25, 0.3) is 0 Å². The van der Waals surface area contributed by atoms with E-state index in [2.05, 4.69) is 20.9 Å². The van der Waals surface area contributed by atoms with Crippen molar-refractivity contribution >= 4 is 15.9 Å². The Balaban J connectivity index is 1.95. The van der Waals surface area contributed by atoms with Crippen molar-refractivity contribution in [3.8, 4) is 0 Å². The summed E-state index contributed by atoms with van der Waals surface area (Å²) >= 11 is 3.50. The highest BCUT2D eigenvalue weighted by atomic mass is 79.9. The lowest BCUT2D eigenvalue weighted by Crippen LogP contribution is -2.05. The summed E-state index contributed by atoms with van der Waals surface area (Å²) < 4.78 is 6.77. The highest BCUT2D eigenvalue weighted by Gasteiger charge is 2.03. The molecular weight excluding hydrogens is 292 g/mol. The van der Waals surface area contributed by atoms with Crippen LogP contribution in [0.4, 0.5) is 0 Å². The summed E-state index contributed by atoms with van der Waals surface area (Å²) in [4.78, 5) is 4.23. The van der Waals surface area contributed by atoms with Crippen LogP contribution < -0.4 is 5.73 Å². The van der Waals surface area contributed by atoms with Crippen molar-refractivity contribution in [2.75, 3.05) is 0 Å². The molecule has 1 aromatic heterocycles. The summed E-state index contributed by atoms with van der Waals surface area (Å²) in [7, 11) is 0. The number of ether oxygens (including phenoxy) is 1. The van der Waals surface area contributed by atoms with Crippen LogP contribution in [0, 0.1) is 0 Å². The van der Waals surface area contributed by atoms with Crippen LogP contribution in [0.1, 0.15) is 16.8 Å². The first-order valence-electron chi connectivity index (χ1n) is 5.75. The molecule has 0 aliphatic rings. The Bertz CT molecular complexity index is 517. The van der Waals surface area contributed by atoms with Gasteiger partial charge in [0.2, 0.25) is 0 Å². The monoisotopic (exact) mass is 306 g/mol. The maximum Gasteiger partial charge on any atom is 0.0739 e. The highest BCUT2D eigenvalue weighted by Crippen LogP contribution is 2.17. The summed E-state index contributed by atoms with van der Waals surface area (Å²) in [5.41, 5.74) is 8.71. The van der Waals surface area contributed by atoms with Crippen molar-refractivity contribution in [1.29, 1.82) is 0 Å². The Morgan fingerprint density at radius 1 is 1.06 bits per heavy atom. The van der Waals surface area contributed by atoms with Gasteiger partial charge in [-0.2, -0.15) is 0 Å². The van der Waals surface area contributed by atoms with Gasteiger partial charge in [-0.3, -0.25) is 4.98 Å². The van der Waals surface area contributed by atoms with Crippen molar-refractivity contribution < 1.29 is 4.74 Å². The molecule has 1 aromatic carbocycles. The van der Waals surface area contributed by atoms with Gasteiger partial charge in [0.1, 0.15) is 0 Å². The van der Waals surface area contributed by atoms with Crippen LogP contribution >= 0.6 is 15.9 Å². The predicted octanol–water partition coefficient (Wildman–Crippen LogP) is 3.02. The van der Waals surface area contributed by atoms with E-state index in [-0.39, 0.29) is 0 Å². The van der Waals surface area contributed by atoms with Gasteiger partial charge in [0.05, 0.1) is 18.9 Å². The molecule has 0 unspecified atom stereocenters. The van der Waals surface area contributed by atoms with E-state index in [1.807, 2.05) is 36.4 Å². The number of nitrogens with two attached hydrogens (primary N) is 1. The first-order valence-corrected chi connectivity index (χ1v) is 6.54. The summed E-state index contributed by atoms with van der Waals surface area (Å²) in [6.45, 7) is 1.54. The second-order valence-corrected chi connectivity index (χ2v) is 4.75. The number of halogens is 1. The Hall–Kier alpha value is -1.23. The minimum absolute atomic E-state index is 0.439. The van der Waals surface area contributed by atoms with Gasteiger partial charge in [-0.15, -0.1) is 0 Å². The molecular formula is C14H15BrN2O. The van der Waals surface area contributed by atoms with E-state index in [0.29, 0.717) is 19.8 Å². The minimum atomic E-state index is 0.439. The maximum absolute atomic E-state index is 5.70. The number of hydrogen-bond acceptors (Lipinski definition) is 3. The normalized spacial score (nSPS) is 10.6. The van der Waals surface area contributed by atoms with Crippen molar-refractivity contribution in [1.82, 2.24) is 4.98 Å². The fourth-order valence-electron chi connectivity index (χ4n) is 1.67. The lowest BCUT2D eigenvalue weighted by Gasteiger charge is -2.08. The van der Waals surface area contributed by atoms with Crippen LogP contribution in [-0.4, -0.2) is 4.98 Å². The highest BCUT2D eigenvalue weighted by molar-refractivity contribution is 9.10. The molecule has 0 bridgehead atoms. The molecule has 0 atom stereocenters. The average molecular weight is 307 g/mol. The second-order valence-electron chi connectivity index (χ2n) is 3.90. The van der Waals surface area contributed by atoms with E-state index in [9.17, 15) is 0 Å². The number of pyridine rings is 1. The number of hydrogen-bond donors (Lipinski definition) is 1. The number of benzene rings is 1. The molecule has 18 heavy (non-hydrogen) atoms. The van der Waals surface area contributed by atoms with Crippen LogP contribution in [0.2, 0.25) is 0 Å². The van der Waals surface area contributed by atoms with E-state index in [1.54, 1.807) is 6.20 Å². The summed E-state index contributed by atoms with van der Waals surface area (Å²) in [6, 6.07) is 11.9. The molecule has 2 rings (SSSR count). The Morgan fingerprint density at radius 2 is 1.78 bits per heavy atom. The van der Waals surface area contributed by atoms with E-state index in [1.165, 1.54) is 0 Å². The van der Waals surface area contributed by atoms with Gasteiger partial charge in [0, 0.05) is 22.8 Å². The molecule has 0 spiro atoms. The van der Waals surface area contributed by atoms with E-state index in [0.717, 1.165) is 21.3 Å². The Labute approximate surface area is 115 Å². The molecule has 2 N–H and O–H groups in total. The lowest BCUT2D eigenvalue weighted by molar-refractivity contribution is 0.106. The molecule has 94 valence electrons. The number of rotatable bonds is 5. The van der Waals surface area contributed by atoms with Gasteiger partial charge in [-0.1, -0.05) is 40.2 Å². The Morgan fingerprint density at radius 3 is 2.56 bits per heavy atom. The maximum atomic E-state index is 5.70. The molecule has 0 amide bonds. The molecule has 1 heterocycles. The molecule has 0 radical (unpaired) electrons. The van der Waals surface area contributed by atoms with Gasteiger partial charge in [0.15, 0.2) is 0 Å². The Kier molecular flexibility index (Phi) is 4.87. The predicted molar refractivity (Wildman–Crippen MR) is 74.8 cm³/mol. The van der Waals surface area contributed by atoms with Gasteiger partial charge < -0.3 is 10.5 Å². The van der Waals surface area contributed by atoms with Gasteiger partial charge in [-0.05, 0) is 17.7 Å². The summed E-state index contributed by atoms with van der Waals surface area (Å²) in [5, 5.41) is 0. The van der Waals surface area contributed by atoms with Crippen molar-refractivity contribution in [3.05, 3.63) is 63.9 Å². The molecule has 3 nitrogen and oxygen atoms in total. The standard InChI is InChI=1S/C14H15BrN2O/c15-13-6-2-1-4-11(13)9-18-10-12-5-3-7-17-14(12)8-16/h1-7H,8-10,16H2. The van der Waals surface area contributed by atoms with Crippen LogP contribution in [0.5, 0.6) is 0 Å². The third kappa shape index (κ3) is 3.38.